The van der Waals surface area contributed by atoms with Crippen LogP contribution in [0.5, 0.6) is 5.75 Å². The highest BCUT2D eigenvalue weighted by Crippen LogP contribution is 2.30. The van der Waals surface area contributed by atoms with Gasteiger partial charge in [-0.15, -0.1) is 0 Å². The Balaban J connectivity index is 1.67. The van der Waals surface area contributed by atoms with Crippen LogP contribution in [0.4, 0.5) is 24.7 Å². The Morgan fingerprint density at radius 3 is 2.21 bits per heavy atom. The summed E-state index contributed by atoms with van der Waals surface area (Å²) in [6.07, 6.45) is -3.31. The third kappa shape index (κ3) is 3.39. The molecule has 1 fully saturated rings. The fraction of sp³-hybridized carbons (Fsp3) is 0.353. The van der Waals surface area contributed by atoms with Crippen molar-refractivity contribution < 1.29 is 22.9 Å². The highest BCUT2D eigenvalue weighted by Gasteiger charge is 2.32. The number of hydrogen-bond donors (Lipinski definition) is 0. The zero-order valence-electron chi connectivity index (χ0n) is 13.3. The van der Waals surface area contributed by atoms with Crippen LogP contribution in [0.3, 0.4) is 0 Å². The van der Waals surface area contributed by atoms with Gasteiger partial charge in [-0.3, -0.25) is 4.90 Å². The van der Waals surface area contributed by atoms with Crippen LogP contribution in [-0.2, 0) is 6.18 Å². The lowest BCUT2D eigenvalue weighted by Crippen LogP contribution is -2.48. The Hall–Kier alpha value is -2.44. The molecule has 0 bridgehead atoms. The standard InChI is InChI=1S/C17H18F3N3O/c1-24-15-5-3-2-4-14(15)22-8-10-23(11-9-22)16-7-6-13(12-21-16)17(18,19)20/h2-7,12H,8-11H2,1H3/p+1. The molecular weight excluding hydrogens is 319 g/mol. The second kappa shape index (κ2) is 6.59. The van der Waals surface area contributed by atoms with E-state index in [1.807, 2.05) is 29.2 Å². The lowest BCUT2D eigenvalue weighted by molar-refractivity contribution is -0.367. The van der Waals surface area contributed by atoms with Crippen molar-refractivity contribution in [2.24, 2.45) is 0 Å². The second-order valence-corrected chi connectivity index (χ2v) is 5.61. The monoisotopic (exact) mass is 338 g/mol. The molecule has 3 rings (SSSR count). The Bertz CT molecular complexity index is 680. The molecule has 0 amide bonds. The van der Waals surface area contributed by atoms with E-state index in [0.717, 1.165) is 49.9 Å². The molecule has 1 N–H and O–H groups in total. The van der Waals surface area contributed by atoms with E-state index in [2.05, 4.69) is 9.88 Å². The van der Waals surface area contributed by atoms with Crippen molar-refractivity contribution >= 4 is 11.5 Å². The summed E-state index contributed by atoms with van der Waals surface area (Å²) in [5.41, 5.74) is 0.370. The lowest BCUT2D eigenvalue weighted by atomic mass is 10.2. The summed E-state index contributed by atoms with van der Waals surface area (Å²) in [4.78, 5) is 7.02. The Kier molecular flexibility index (Phi) is 4.51. The van der Waals surface area contributed by atoms with Crippen molar-refractivity contribution in [3.8, 4) is 5.75 Å². The van der Waals surface area contributed by atoms with E-state index in [1.54, 1.807) is 7.11 Å². The van der Waals surface area contributed by atoms with Gasteiger partial charge in [-0.05, 0) is 18.2 Å². The SMILES string of the molecule is COc1ccccc1N1CCN(c2ccc(C(F)(F)F)c[nH+]2)CC1. The molecule has 2 heterocycles. The summed E-state index contributed by atoms with van der Waals surface area (Å²) in [6, 6.07) is 10.4. The largest absolute Gasteiger partial charge is 0.495 e. The summed E-state index contributed by atoms with van der Waals surface area (Å²) >= 11 is 0. The summed E-state index contributed by atoms with van der Waals surface area (Å²) in [6.45, 7) is 2.99. The Labute approximate surface area is 138 Å². The van der Waals surface area contributed by atoms with Gasteiger partial charge in [-0.1, -0.05) is 12.1 Å². The summed E-state index contributed by atoms with van der Waals surface area (Å²) in [7, 11) is 1.65. The molecule has 2 aromatic rings. The number of piperazine rings is 1. The number of para-hydroxylation sites is 2. The molecule has 0 atom stereocenters. The minimum atomic E-state index is -4.32. The number of nitrogens with one attached hydrogen (secondary N) is 1. The van der Waals surface area contributed by atoms with Gasteiger partial charge in [0.1, 0.15) is 25.0 Å². The number of ether oxygens (including phenoxy) is 1. The molecule has 4 nitrogen and oxygen atoms in total. The maximum Gasteiger partial charge on any atom is 0.419 e. The number of halogens is 3. The number of anilines is 2. The first-order valence-corrected chi connectivity index (χ1v) is 7.71. The van der Waals surface area contributed by atoms with Gasteiger partial charge in [0.2, 0.25) is 0 Å². The van der Waals surface area contributed by atoms with Gasteiger partial charge >= 0.3 is 6.18 Å². The van der Waals surface area contributed by atoms with Gasteiger partial charge in [0, 0.05) is 6.07 Å². The quantitative estimate of drug-likeness (QED) is 0.862. The summed E-state index contributed by atoms with van der Waals surface area (Å²) in [5, 5.41) is 0. The van der Waals surface area contributed by atoms with Crippen LogP contribution in [0, 0.1) is 0 Å². The van der Waals surface area contributed by atoms with E-state index in [0.29, 0.717) is 5.82 Å². The van der Waals surface area contributed by atoms with Gasteiger partial charge < -0.3 is 9.64 Å². The molecule has 0 aliphatic carbocycles. The zero-order chi connectivity index (χ0) is 17.2. The van der Waals surface area contributed by atoms with Crippen molar-refractivity contribution in [1.82, 2.24) is 0 Å². The smallest absolute Gasteiger partial charge is 0.419 e. The van der Waals surface area contributed by atoms with Gasteiger partial charge in [-0.25, -0.2) is 4.98 Å². The summed E-state index contributed by atoms with van der Waals surface area (Å²) in [5.74, 6) is 1.52. The predicted octanol–water partition coefficient (Wildman–Crippen LogP) is 2.85. The van der Waals surface area contributed by atoms with Crippen LogP contribution in [0.15, 0.2) is 42.6 Å². The molecule has 0 unspecified atom stereocenters. The first-order valence-electron chi connectivity index (χ1n) is 7.71. The van der Waals surface area contributed by atoms with Crippen LogP contribution >= 0.6 is 0 Å². The molecule has 0 saturated carbocycles. The average Bonchev–Trinajstić information content (AvgIpc) is 2.61. The average molecular weight is 338 g/mol. The normalized spacial score (nSPS) is 15.5. The highest BCUT2D eigenvalue weighted by atomic mass is 19.4. The van der Waals surface area contributed by atoms with E-state index in [4.69, 9.17) is 4.74 Å². The molecule has 7 heteroatoms. The van der Waals surface area contributed by atoms with Crippen molar-refractivity contribution in [3.05, 3.63) is 48.2 Å². The van der Waals surface area contributed by atoms with Crippen LogP contribution in [0.2, 0.25) is 0 Å². The molecule has 1 saturated heterocycles. The van der Waals surface area contributed by atoms with Crippen LogP contribution < -0.4 is 19.5 Å². The molecule has 0 radical (unpaired) electrons. The number of H-pyrrole nitrogens is 1. The van der Waals surface area contributed by atoms with Crippen molar-refractivity contribution in [2.45, 2.75) is 6.18 Å². The lowest BCUT2D eigenvalue weighted by Gasteiger charge is -2.33. The number of rotatable bonds is 3. The van der Waals surface area contributed by atoms with E-state index in [1.165, 1.54) is 6.07 Å². The number of alkyl halides is 3. The maximum atomic E-state index is 12.6. The molecule has 128 valence electrons. The number of aromatic nitrogens is 1. The number of aromatic amines is 1. The van der Waals surface area contributed by atoms with E-state index >= 15 is 0 Å². The Morgan fingerprint density at radius 1 is 0.958 bits per heavy atom. The van der Waals surface area contributed by atoms with E-state index in [9.17, 15) is 13.2 Å². The fourth-order valence-corrected chi connectivity index (χ4v) is 2.87. The van der Waals surface area contributed by atoms with Crippen LogP contribution in [0.1, 0.15) is 5.56 Å². The number of methoxy groups -OCH3 is 1. The molecule has 1 aliphatic heterocycles. The predicted molar refractivity (Wildman–Crippen MR) is 85.4 cm³/mol. The van der Waals surface area contributed by atoms with Crippen molar-refractivity contribution in [2.75, 3.05) is 43.1 Å². The van der Waals surface area contributed by atoms with Gasteiger partial charge in [0.25, 0.3) is 5.82 Å². The summed E-state index contributed by atoms with van der Waals surface area (Å²) < 4.78 is 43.2. The first kappa shape index (κ1) is 16.4. The molecule has 1 aromatic carbocycles. The molecule has 24 heavy (non-hydrogen) atoms. The number of hydrogen-bond acceptors (Lipinski definition) is 3. The zero-order valence-corrected chi connectivity index (χ0v) is 13.3. The molecule has 1 aromatic heterocycles. The second-order valence-electron chi connectivity index (χ2n) is 5.61. The number of benzene rings is 1. The maximum absolute atomic E-state index is 12.6. The molecule has 0 spiro atoms. The van der Waals surface area contributed by atoms with Crippen molar-refractivity contribution in [1.29, 1.82) is 0 Å². The number of nitrogens with zero attached hydrogens (tertiary/aromatic N) is 2. The van der Waals surface area contributed by atoms with Crippen LogP contribution in [0.25, 0.3) is 0 Å². The molecular formula is C17H19F3N3O+. The van der Waals surface area contributed by atoms with E-state index < -0.39 is 11.7 Å². The van der Waals surface area contributed by atoms with Gasteiger partial charge in [0.15, 0.2) is 0 Å². The van der Waals surface area contributed by atoms with Crippen molar-refractivity contribution in [3.63, 3.8) is 0 Å². The minimum absolute atomic E-state index is 0.668. The number of pyridine rings is 1. The van der Waals surface area contributed by atoms with E-state index in [-0.39, 0.29) is 0 Å². The Morgan fingerprint density at radius 2 is 1.62 bits per heavy atom. The third-order valence-electron chi connectivity index (χ3n) is 4.17. The molecule has 1 aliphatic rings. The van der Waals surface area contributed by atoms with Gasteiger partial charge in [-0.2, -0.15) is 13.2 Å². The topological polar surface area (TPSA) is 29.9 Å². The van der Waals surface area contributed by atoms with Crippen LogP contribution in [-0.4, -0.2) is 33.3 Å². The fourth-order valence-electron chi connectivity index (χ4n) is 2.87. The highest BCUT2D eigenvalue weighted by molar-refractivity contribution is 5.59. The first-order chi connectivity index (χ1) is 11.5. The van der Waals surface area contributed by atoms with Gasteiger partial charge in [0.05, 0.1) is 31.5 Å². The minimum Gasteiger partial charge on any atom is -0.495 e. The third-order valence-corrected chi connectivity index (χ3v) is 4.17.